The van der Waals surface area contributed by atoms with E-state index in [1.54, 1.807) is 11.3 Å². The monoisotopic (exact) mass is 278 g/mol. The fourth-order valence-corrected chi connectivity index (χ4v) is 3.43. The number of aliphatic hydroxyl groups is 1. The summed E-state index contributed by atoms with van der Waals surface area (Å²) in [4.78, 5) is 6.41. The molecule has 1 saturated heterocycles. The molecular weight excluding hydrogens is 256 g/mol. The lowest BCUT2D eigenvalue weighted by Gasteiger charge is -2.39. The highest BCUT2D eigenvalue weighted by molar-refractivity contribution is 7.10. The molecule has 1 unspecified atom stereocenters. The molecule has 0 bridgehead atoms. The van der Waals surface area contributed by atoms with Crippen LogP contribution in [0.3, 0.4) is 0 Å². The maximum atomic E-state index is 8.69. The van der Waals surface area contributed by atoms with Crippen LogP contribution in [0.1, 0.15) is 24.3 Å². The van der Waals surface area contributed by atoms with Crippen LogP contribution in [-0.2, 0) is 6.54 Å². The van der Waals surface area contributed by atoms with Crippen LogP contribution in [0.5, 0.6) is 0 Å². The van der Waals surface area contributed by atoms with Crippen molar-refractivity contribution in [3.63, 3.8) is 0 Å². The van der Waals surface area contributed by atoms with Crippen molar-refractivity contribution in [1.82, 2.24) is 9.80 Å². The van der Waals surface area contributed by atoms with Gasteiger partial charge in [0.25, 0.3) is 0 Å². The van der Waals surface area contributed by atoms with Crippen LogP contribution in [0, 0.1) is 11.8 Å². The molecular formula is C15H22N2OS. The molecule has 1 N–H and O–H groups in total. The molecule has 0 amide bonds. The number of rotatable bonds is 3. The molecule has 0 saturated carbocycles. The van der Waals surface area contributed by atoms with Crippen molar-refractivity contribution >= 4 is 11.3 Å². The highest BCUT2D eigenvalue weighted by Gasteiger charge is 2.22. The second-order valence-electron chi connectivity index (χ2n) is 4.97. The summed E-state index contributed by atoms with van der Waals surface area (Å²) >= 11 is 1.76. The zero-order valence-electron chi connectivity index (χ0n) is 11.7. The van der Waals surface area contributed by atoms with Gasteiger partial charge < -0.3 is 5.11 Å². The quantitative estimate of drug-likeness (QED) is 0.851. The van der Waals surface area contributed by atoms with E-state index in [0.717, 1.165) is 31.7 Å². The minimum absolute atomic E-state index is 0.0678. The lowest BCUT2D eigenvalue weighted by molar-refractivity contribution is 0.0841. The average Bonchev–Trinajstić information content (AvgIpc) is 2.84. The van der Waals surface area contributed by atoms with Gasteiger partial charge in [-0.2, -0.15) is 0 Å². The van der Waals surface area contributed by atoms with E-state index >= 15 is 0 Å². The summed E-state index contributed by atoms with van der Waals surface area (Å²) in [6.45, 7) is 10.1. The van der Waals surface area contributed by atoms with E-state index in [9.17, 15) is 0 Å². The third-order valence-electron chi connectivity index (χ3n) is 3.60. The molecule has 1 aromatic heterocycles. The van der Waals surface area contributed by atoms with Crippen LogP contribution in [0.4, 0.5) is 0 Å². The Labute approximate surface area is 119 Å². The standard InChI is InChI=1S/C15H22N2OS/c1-3-17-7-6-16(10-13(17)2)11-15-9-14(12-19-15)5-4-8-18/h9,12-13,18H,3,6-8,10-11H2,1-2H3. The molecule has 0 radical (unpaired) electrons. The van der Waals surface area contributed by atoms with Crippen molar-refractivity contribution < 1.29 is 5.11 Å². The lowest BCUT2D eigenvalue weighted by atomic mass is 10.2. The highest BCUT2D eigenvalue weighted by Crippen LogP contribution is 2.18. The van der Waals surface area contributed by atoms with Gasteiger partial charge in [-0.05, 0) is 19.5 Å². The van der Waals surface area contributed by atoms with Crippen molar-refractivity contribution in [2.24, 2.45) is 0 Å². The molecule has 2 rings (SSSR count). The van der Waals surface area contributed by atoms with Crippen LogP contribution >= 0.6 is 11.3 Å². The van der Waals surface area contributed by atoms with Gasteiger partial charge in [-0.25, -0.2) is 0 Å². The van der Waals surface area contributed by atoms with Crippen LogP contribution < -0.4 is 0 Å². The Balaban J connectivity index is 1.89. The summed E-state index contributed by atoms with van der Waals surface area (Å²) in [6.07, 6.45) is 0. The predicted molar refractivity (Wildman–Crippen MR) is 80.3 cm³/mol. The molecule has 0 spiro atoms. The van der Waals surface area contributed by atoms with Gasteiger partial charge in [0.1, 0.15) is 6.61 Å². The molecule has 0 aromatic carbocycles. The second kappa shape index (κ2) is 7.06. The van der Waals surface area contributed by atoms with Gasteiger partial charge in [0.15, 0.2) is 0 Å². The molecule has 0 aliphatic carbocycles. The van der Waals surface area contributed by atoms with Gasteiger partial charge in [-0.15, -0.1) is 11.3 Å². The minimum Gasteiger partial charge on any atom is -0.384 e. The number of piperazine rings is 1. The number of aliphatic hydroxyl groups excluding tert-OH is 1. The maximum absolute atomic E-state index is 8.69. The van der Waals surface area contributed by atoms with Gasteiger partial charge >= 0.3 is 0 Å². The average molecular weight is 278 g/mol. The first-order chi connectivity index (χ1) is 9.22. The second-order valence-corrected chi connectivity index (χ2v) is 5.97. The molecule has 19 heavy (non-hydrogen) atoms. The van der Waals surface area contributed by atoms with Crippen LogP contribution in [-0.4, -0.2) is 53.7 Å². The first-order valence-corrected chi connectivity index (χ1v) is 7.74. The number of thiophene rings is 1. The summed E-state index contributed by atoms with van der Waals surface area (Å²) in [6, 6.07) is 2.79. The summed E-state index contributed by atoms with van der Waals surface area (Å²) in [5, 5.41) is 10.8. The molecule has 1 atom stereocenters. The first kappa shape index (κ1) is 14.5. The molecule has 3 nitrogen and oxygen atoms in total. The highest BCUT2D eigenvalue weighted by atomic mass is 32.1. The fourth-order valence-electron chi connectivity index (χ4n) is 2.58. The fraction of sp³-hybridized carbons (Fsp3) is 0.600. The van der Waals surface area contributed by atoms with Gasteiger partial charge in [0.2, 0.25) is 0 Å². The Morgan fingerprint density at radius 3 is 3.00 bits per heavy atom. The predicted octanol–water partition coefficient (Wildman–Crippen LogP) is 1.62. The van der Waals surface area contributed by atoms with E-state index in [-0.39, 0.29) is 6.61 Å². The van der Waals surface area contributed by atoms with E-state index in [0.29, 0.717) is 6.04 Å². The van der Waals surface area contributed by atoms with E-state index in [2.05, 4.69) is 46.9 Å². The Kier molecular flexibility index (Phi) is 5.41. The van der Waals surface area contributed by atoms with Crippen LogP contribution in [0.15, 0.2) is 11.4 Å². The largest absolute Gasteiger partial charge is 0.384 e. The van der Waals surface area contributed by atoms with E-state index in [4.69, 9.17) is 5.11 Å². The Morgan fingerprint density at radius 2 is 2.32 bits per heavy atom. The molecule has 1 aliphatic heterocycles. The van der Waals surface area contributed by atoms with Crippen molar-refractivity contribution in [2.45, 2.75) is 26.4 Å². The summed E-state index contributed by atoms with van der Waals surface area (Å²) in [7, 11) is 0. The van der Waals surface area contributed by atoms with Crippen molar-refractivity contribution in [2.75, 3.05) is 32.8 Å². The third kappa shape index (κ3) is 4.05. The molecule has 1 aromatic rings. The van der Waals surface area contributed by atoms with E-state index < -0.39 is 0 Å². The number of hydrogen-bond donors (Lipinski definition) is 1. The number of hydrogen-bond acceptors (Lipinski definition) is 4. The Bertz CT molecular complexity index is 460. The van der Waals surface area contributed by atoms with Gasteiger partial charge in [0, 0.05) is 48.0 Å². The summed E-state index contributed by atoms with van der Waals surface area (Å²) in [5.41, 5.74) is 1.02. The van der Waals surface area contributed by atoms with Crippen LogP contribution in [0.2, 0.25) is 0 Å². The number of nitrogens with zero attached hydrogens (tertiary/aromatic N) is 2. The van der Waals surface area contributed by atoms with Gasteiger partial charge in [-0.3, -0.25) is 9.80 Å². The van der Waals surface area contributed by atoms with E-state index in [1.807, 2.05) is 0 Å². The van der Waals surface area contributed by atoms with E-state index in [1.165, 1.54) is 11.4 Å². The summed E-state index contributed by atoms with van der Waals surface area (Å²) in [5.74, 6) is 5.65. The van der Waals surface area contributed by atoms with Crippen molar-refractivity contribution in [3.05, 3.63) is 21.9 Å². The number of likely N-dealkylation sites (N-methyl/N-ethyl adjacent to an activating group) is 1. The topological polar surface area (TPSA) is 26.7 Å². The molecule has 1 aliphatic rings. The first-order valence-electron chi connectivity index (χ1n) is 6.86. The Morgan fingerprint density at radius 1 is 1.47 bits per heavy atom. The molecule has 1 fully saturated rings. The van der Waals surface area contributed by atoms with Crippen molar-refractivity contribution in [3.8, 4) is 11.8 Å². The molecule has 2 heterocycles. The normalized spacial score (nSPS) is 21.1. The zero-order chi connectivity index (χ0) is 13.7. The smallest absolute Gasteiger partial charge is 0.104 e. The molecule has 4 heteroatoms. The maximum Gasteiger partial charge on any atom is 0.104 e. The lowest BCUT2D eigenvalue weighted by Crippen LogP contribution is -2.51. The third-order valence-corrected chi connectivity index (χ3v) is 4.52. The minimum atomic E-state index is -0.0678. The zero-order valence-corrected chi connectivity index (χ0v) is 12.5. The van der Waals surface area contributed by atoms with Gasteiger partial charge in [0.05, 0.1) is 0 Å². The van der Waals surface area contributed by atoms with Crippen LogP contribution in [0.25, 0.3) is 0 Å². The SMILES string of the molecule is CCN1CCN(Cc2cc(C#CCO)cs2)CC1C. The summed E-state index contributed by atoms with van der Waals surface area (Å²) < 4.78 is 0. The molecule has 104 valence electrons. The van der Waals surface area contributed by atoms with Gasteiger partial charge in [-0.1, -0.05) is 18.8 Å². The Hall–Kier alpha value is -0.860. The van der Waals surface area contributed by atoms with Crippen molar-refractivity contribution in [1.29, 1.82) is 0 Å².